The summed E-state index contributed by atoms with van der Waals surface area (Å²) in [6, 6.07) is 9.65. The van der Waals surface area contributed by atoms with Gasteiger partial charge in [-0.1, -0.05) is 12.2 Å². The number of rotatable bonds is 5. The van der Waals surface area contributed by atoms with Gasteiger partial charge in [0.2, 0.25) is 10.0 Å². The second kappa shape index (κ2) is 7.85. The lowest BCUT2D eigenvalue weighted by molar-refractivity contribution is 0.114. The summed E-state index contributed by atoms with van der Waals surface area (Å²) in [6.45, 7) is 0.968. The number of sulfonamides is 1. The first-order valence-electron chi connectivity index (χ1n) is 10.6. The molecule has 164 valence electrons. The van der Waals surface area contributed by atoms with Gasteiger partial charge in [-0.3, -0.25) is 0 Å². The second-order valence-electron chi connectivity index (χ2n) is 8.45. The highest BCUT2D eigenvalue weighted by atomic mass is 32.2. The highest BCUT2D eigenvalue weighted by Gasteiger charge is 2.39. The molecule has 0 bridgehead atoms. The SMILES string of the molecule is O=S(=O)(NCC1CCCO1)c1ccc2c(c1)C1C=CCC1C(c1ccc(O)cc1O)N2. The fraction of sp³-hybridized carbons (Fsp3) is 0.391. The number of ether oxygens (including phenoxy) is 1. The third kappa shape index (κ3) is 3.79. The third-order valence-electron chi connectivity index (χ3n) is 6.52. The van der Waals surface area contributed by atoms with Crippen LogP contribution in [0.2, 0.25) is 0 Å². The van der Waals surface area contributed by atoms with Crippen molar-refractivity contribution in [3.05, 3.63) is 59.7 Å². The van der Waals surface area contributed by atoms with Gasteiger partial charge in [-0.15, -0.1) is 0 Å². The number of aromatic hydroxyl groups is 2. The molecule has 0 spiro atoms. The molecule has 5 rings (SSSR count). The number of hydrogen-bond donors (Lipinski definition) is 4. The summed E-state index contributed by atoms with van der Waals surface area (Å²) in [6.07, 6.45) is 6.81. The van der Waals surface area contributed by atoms with Crippen molar-refractivity contribution < 1.29 is 23.4 Å². The minimum atomic E-state index is -3.64. The van der Waals surface area contributed by atoms with Gasteiger partial charge < -0.3 is 20.3 Å². The number of allylic oxidation sites excluding steroid dienone is 2. The van der Waals surface area contributed by atoms with Crippen molar-refractivity contribution in [2.75, 3.05) is 18.5 Å². The number of anilines is 1. The van der Waals surface area contributed by atoms with E-state index in [0.717, 1.165) is 36.1 Å². The third-order valence-corrected chi connectivity index (χ3v) is 7.94. The van der Waals surface area contributed by atoms with Gasteiger partial charge in [-0.05, 0) is 61.1 Å². The van der Waals surface area contributed by atoms with Gasteiger partial charge in [0, 0.05) is 36.4 Å². The van der Waals surface area contributed by atoms with E-state index < -0.39 is 10.0 Å². The Balaban J connectivity index is 1.44. The van der Waals surface area contributed by atoms with E-state index in [2.05, 4.69) is 22.2 Å². The molecule has 1 saturated heterocycles. The van der Waals surface area contributed by atoms with Crippen molar-refractivity contribution >= 4 is 15.7 Å². The minimum absolute atomic E-state index is 0.0175. The van der Waals surface area contributed by atoms with Crippen molar-refractivity contribution in [3.8, 4) is 11.5 Å². The van der Waals surface area contributed by atoms with Gasteiger partial charge in [0.15, 0.2) is 0 Å². The van der Waals surface area contributed by atoms with Crippen LogP contribution in [0, 0.1) is 5.92 Å². The number of benzene rings is 2. The summed E-state index contributed by atoms with van der Waals surface area (Å²) in [4.78, 5) is 0.246. The van der Waals surface area contributed by atoms with E-state index in [9.17, 15) is 18.6 Å². The zero-order valence-electron chi connectivity index (χ0n) is 17.0. The Hall–Kier alpha value is -2.55. The molecule has 4 atom stereocenters. The standard InChI is InChI=1S/C23H26N2O5S/c26-14-6-8-19(22(27)11-14)23-18-5-1-4-17(18)20-12-16(7-9-21(20)25-23)31(28,29)24-13-15-3-2-10-30-15/h1,4,6-9,11-12,15,17-18,23-27H,2-3,5,10,13H2. The van der Waals surface area contributed by atoms with E-state index in [4.69, 9.17) is 4.74 Å². The topological polar surface area (TPSA) is 108 Å². The van der Waals surface area contributed by atoms with E-state index >= 15 is 0 Å². The van der Waals surface area contributed by atoms with Crippen LogP contribution in [-0.4, -0.2) is 37.9 Å². The average Bonchev–Trinajstić information content (AvgIpc) is 3.44. The van der Waals surface area contributed by atoms with Gasteiger partial charge in [0.25, 0.3) is 0 Å². The first-order chi connectivity index (χ1) is 14.9. The molecule has 0 aromatic heterocycles. The minimum Gasteiger partial charge on any atom is -0.508 e. The molecule has 8 heteroatoms. The first-order valence-corrected chi connectivity index (χ1v) is 12.1. The number of phenolic OH excluding ortho intramolecular Hbond substituents is 2. The van der Waals surface area contributed by atoms with Gasteiger partial charge in [-0.2, -0.15) is 0 Å². The van der Waals surface area contributed by atoms with Crippen LogP contribution in [0.1, 0.15) is 42.3 Å². The van der Waals surface area contributed by atoms with Crippen molar-refractivity contribution in [1.82, 2.24) is 4.72 Å². The van der Waals surface area contributed by atoms with E-state index in [0.29, 0.717) is 6.61 Å². The van der Waals surface area contributed by atoms with Gasteiger partial charge >= 0.3 is 0 Å². The summed E-state index contributed by atoms with van der Waals surface area (Å²) in [5.74, 6) is 0.247. The van der Waals surface area contributed by atoms with E-state index in [-0.39, 0.29) is 46.9 Å². The molecule has 2 aromatic carbocycles. The fourth-order valence-electron chi connectivity index (χ4n) is 4.93. The van der Waals surface area contributed by atoms with E-state index in [1.165, 1.54) is 6.07 Å². The molecule has 1 aliphatic carbocycles. The van der Waals surface area contributed by atoms with Crippen LogP contribution >= 0.6 is 0 Å². The Kier molecular flexibility index (Phi) is 5.16. The predicted octanol–water partition coefficient (Wildman–Crippen LogP) is 3.38. The number of phenols is 2. The molecule has 2 aromatic rings. The summed E-state index contributed by atoms with van der Waals surface area (Å²) in [5, 5.41) is 23.5. The van der Waals surface area contributed by atoms with Crippen LogP contribution in [0.3, 0.4) is 0 Å². The van der Waals surface area contributed by atoms with Crippen LogP contribution < -0.4 is 10.0 Å². The second-order valence-corrected chi connectivity index (χ2v) is 10.2. The predicted molar refractivity (Wildman–Crippen MR) is 117 cm³/mol. The molecular formula is C23H26N2O5S. The zero-order valence-corrected chi connectivity index (χ0v) is 17.8. The molecule has 3 aliphatic rings. The van der Waals surface area contributed by atoms with E-state index in [1.54, 1.807) is 30.3 Å². The average molecular weight is 443 g/mol. The molecule has 2 heterocycles. The number of hydrogen-bond acceptors (Lipinski definition) is 6. The van der Waals surface area contributed by atoms with Crippen LogP contribution in [0.4, 0.5) is 5.69 Å². The Morgan fingerprint density at radius 3 is 2.77 bits per heavy atom. The lowest BCUT2D eigenvalue weighted by atomic mass is 9.77. The molecule has 7 nitrogen and oxygen atoms in total. The highest BCUT2D eigenvalue weighted by molar-refractivity contribution is 7.89. The summed E-state index contributed by atoms with van der Waals surface area (Å²) >= 11 is 0. The lowest BCUT2D eigenvalue weighted by Gasteiger charge is -2.38. The van der Waals surface area contributed by atoms with Crippen molar-refractivity contribution in [1.29, 1.82) is 0 Å². The maximum atomic E-state index is 12.9. The molecule has 1 fully saturated rings. The summed E-state index contributed by atoms with van der Waals surface area (Å²) in [7, 11) is -3.64. The Bertz CT molecular complexity index is 1120. The van der Waals surface area contributed by atoms with E-state index in [1.807, 2.05) is 0 Å². The highest BCUT2D eigenvalue weighted by Crippen LogP contribution is 2.51. The molecule has 0 radical (unpaired) electrons. The van der Waals surface area contributed by atoms with Gasteiger partial charge in [0.05, 0.1) is 17.0 Å². The van der Waals surface area contributed by atoms with Crippen LogP contribution in [0.5, 0.6) is 11.5 Å². The molecular weight excluding hydrogens is 416 g/mol. The molecule has 0 amide bonds. The van der Waals surface area contributed by atoms with Crippen LogP contribution in [0.25, 0.3) is 0 Å². The molecule has 4 unspecified atom stereocenters. The quantitative estimate of drug-likeness (QED) is 0.529. The number of nitrogens with one attached hydrogen (secondary N) is 2. The summed E-state index contributed by atoms with van der Waals surface area (Å²) < 4.78 is 33.9. The van der Waals surface area contributed by atoms with Crippen LogP contribution in [0.15, 0.2) is 53.4 Å². The van der Waals surface area contributed by atoms with Crippen molar-refractivity contribution in [2.45, 2.75) is 42.2 Å². The normalized spacial score (nSPS) is 27.0. The molecule has 0 saturated carbocycles. The Labute approximate surface area is 181 Å². The Morgan fingerprint density at radius 1 is 1.13 bits per heavy atom. The Morgan fingerprint density at radius 2 is 2.00 bits per heavy atom. The molecule has 2 aliphatic heterocycles. The largest absolute Gasteiger partial charge is 0.508 e. The lowest BCUT2D eigenvalue weighted by Crippen LogP contribution is -2.32. The number of fused-ring (bicyclic) bond motifs is 3. The van der Waals surface area contributed by atoms with Gasteiger partial charge in [0.1, 0.15) is 11.5 Å². The maximum absolute atomic E-state index is 12.9. The molecule has 31 heavy (non-hydrogen) atoms. The van der Waals surface area contributed by atoms with Crippen molar-refractivity contribution in [3.63, 3.8) is 0 Å². The first kappa shape index (κ1) is 20.4. The smallest absolute Gasteiger partial charge is 0.240 e. The summed E-state index contributed by atoms with van der Waals surface area (Å²) in [5.41, 5.74) is 2.51. The van der Waals surface area contributed by atoms with Gasteiger partial charge in [-0.25, -0.2) is 13.1 Å². The zero-order chi connectivity index (χ0) is 21.6. The maximum Gasteiger partial charge on any atom is 0.240 e. The van der Waals surface area contributed by atoms with Crippen molar-refractivity contribution in [2.24, 2.45) is 5.92 Å². The fourth-order valence-corrected chi connectivity index (χ4v) is 6.04. The van der Waals surface area contributed by atoms with Crippen LogP contribution in [-0.2, 0) is 14.8 Å². The monoisotopic (exact) mass is 442 g/mol. The molecule has 4 N–H and O–H groups in total.